The van der Waals surface area contributed by atoms with Gasteiger partial charge in [0, 0.05) is 12.2 Å². The Balaban J connectivity index is 2.54. The summed E-state index contributed by atoms with van der Waals surface area (Å²) in [7, 11) is 0. The summed E-state index contributed by atoms with van der Waals surface area (Å²) < 4.78 is 5.15. The number of rotatable bonds is 4. The lowest BCUT2D eigenvalue weighted by Crippen LogP contribution is -2.27. The van der Waals surface area contributed by atoms with E-state index in [1.54, 1.807) is 12.1 Å². The van der Waals surface area contributed by atoms with Crippen molar-refractivity contribution >= 4 is 17.7 Å². The van der Waals surface area contributed by atoms with Crippen LogP contribution in [-0.2, 0) is 16.0 Å². The van der Waals surface area contributed by atoms with E-state index in [0.717, 1.165) is 5.56 Å². The van der Waals surface area contributed by atoms with E-state index in [1.165, 1.54) is 0 Å². The Hall–Kier alpha value is -2.04. The van der Waals surface area contributed by atoms with Crippen molar-refractivity contribution < 1.29 is 14.3 Å². The Morgan fingerprint density at radius 1 is 1.15 bits per heavy atom. The van der Waals surface area contributed by atoms with Crippen LogP contribution in [0, 0.1) is 0 Å². The van der Waals surface area contributed by atoms with Gasteiger partial charge in [0.1, 0.15) is 5.60 Å². The molecule has 0 aliphatic rings. The Labute approximate surface area is 119 Å². The minimum absolute atomic E-state index is 0.0136. The molecular weight excluding hydrogens is 256 g/mol. The molecule has 1 rings (SSSR count). The maximum Gasteiger partial charge on any atom is 0.412 e. The highest BCUT2D eigenvalue weighted by Crippen LogP contribution is 2.13. The third kappa shape index (κ3) is 6.22. The van der Waals surface area contributed by atoms with Gasteiger partial charge >= 0.3 is 6.09 Å². The molecule has 0 aromatic heterocycles. The second kappa shape index (κ2) is 6.93. The largest absolute Gasteiger partial charge is 0.444 e. The Morgan fingerprint density at radius 2 is 1.75 bits per heavy atom. The van der Waals surface area contributed by atoms with Gasteiger partial charge in [-0.15, -0.1) is 0 Å². The van der Waals surface area contributed by atoms with Crippen molar-refractivity contribution in [3.05, 3.63) is 29.8 Å². The van der Waals surface area contributed by atoms with Crippen LogP contribution in [0.2, 0.25) is 0 Å². The molecule has 0 heterocycles. The van der Waals surface area contributed by atoms with Gasteiger partial charge in [0.2, 0.25) is 5.91 Å². The number of hydrogen-bond acceptors (Lipinski definition) is 3. The maximum atomic E-state index is 11.6. The molecule has 5 nitrogen and oxygen atoms in total. The van der Waals surface area contributed by atoms with Crippen molar-refractivity contribution in [2.75, 3.05) is 11.9 Å². The summed E-state index contributed by atoms with van der Waals surface area (Å²) in [6.45, 7) is 7.93. The van der Waals surface area contributed by atoms with Crippen molar-refractivity contribution in [3.63, 3.8) is 0 Å². The predicted molar refractivity (Wildman–Crippen MR) is 78.7 cm³/mol. The second-order valence-electron chi connectivity index (χ2n) is 5.45. The third-order valence-corrected chi connectivity index (χ3v) is 2.34. The van der Waals surface area contributed by atoms with Crippen molar-refractivity contribution in [3.8, 4) is 0 Å². The first kappa shape index (κ1) is 16.0. The third-order valence-electron chi connectivity index (χ3n) is 2.34. The molecule has 2 amide bonds. The highest BCUT2D eigenvalue weighted by molar-refractivity contribution is 5.85. The summed E-state index contributed by atoms with van der Waals surface area (Å²) in [6.07, 6.45) is -0.158. The molecule has 0 unspecified atom stereocenters. The van der Waals surface area contributed by atoms with E-state index in [4.69, 9.17) is 4.74 Å². The van der Waals surface area contributed by atoms with Gasteiger partial charge in [-0.2, -0.15) is 0 Å². The molecule has 2 N–H and O–H groups in total. The summed E-state index contributed by atoms with van der Waals surface area (Å²) in [5, 5.41) is 5.38. The number of ether oxygens (including phenoxy) is 1. The predicted octanol–water partition coefficient (Wildman–Crippen LogP) is 2.71. The fourth-order valence-electron chi connectivity index (χ4n) is 1.57. The summed E-state index contributed by atoms with van der Waals surface area (Å²) in [6, 6.07) is 7.11. The monoisotopic (exact) mass is 278 g/mol. The topological polar surface area (TPSA) is 67.4 Å². The molecule has 110 valence electrons. The van der Waals surface area contributed by atoms with Gasteiger partial charge in [0.15, 0.2) is 0 Å². The molecular formula is C15H22N2O3. The first-order chi connectivity index (χ1) is 9.30. The van der Waals surface area contributed by atoms with Gasteiger partial charge in [-0.3, -0.25) is 10.1 Å². The van der Waals surface area contributed by atoms with Crippen LogP contribution in [0.1, 0.15) is 33.3 Å². The van der Waals surface area contributed by atoms with Crippen LogP contribution in [0.25, 0.3) is 0 Å². The van der Waals surface area contributed by atoms with Crippen LogP contribution in [0.4, 0.5) is 10.5 Å². The SMILES string of the molecule is CCNC(=O)Cc1ccc(NC(=O)OC(C)(C)C)cc1. The minimum Gasteiger partial charge on any atom is -0.444 e. The molecule has 0 saturated heterocycles. The molecule has 0 aliphatic carbocycles. The molecule has 0 bridgehead atoms. The highest BCUT2D eigenvalue weighted by Gasteiger charge is 2.16. The lowest BCUT2D eigenvalue weighted by Gasteiger charge is -2.19. The van der Waals surface area contributed by atoms with E-state index in [9.17, 15) is 9.59 Å². The van der Waals surface area contributed by atoms with Crippen LogP contribution in [0.15, 0.2) is 24.3 Å². The first-order valence-corrected chi connectivity index (χ1v) is 6.66. The molecule has 0 atom stereocenters. The van der Waals surface area contributed by atoms with Crippen LogP contribution in [-0.4, -0.2) is 24.1 Å². The number of carbonyl (C=O) groups is 2. The van der Waals surface area contributed by atoms with Gasteiger partial charge < -0.3 is 10.1 Å². The van der Waals surface area contributed by atoms with E-state index in [1.807, 2.05) is 39.8 Å². The molecule has 0 spiro atoms. The lowest BCUT2D eigenvalue weighted by molar-refractivity contribution is -0.120. The number of nitrogens with one attached hydrogen (secondary N) is 2. The molecule has 1 aromatic rings. The van der Waals surface area contributed by atoms with Crippen LogP contribution in [0.5, 0.6) is 0 Å². The van der Waals surface area contributed by atoms with Gasteiger partial charge in [-0.05, 0) is 45.4 Å². The Bertz CT molecular complexity index is 461. The van der Waals surface area contributed by atoms with E-state index < -0.39 is 11.7 Å². The van der Waals surface area contributed by atoms with E-state index in [-0.39, 0.29) is 5.91 Å². The minimum atomic E-state index is -0.526. The van der Waals surface area contributed by atoms with Crippen LogP contribution < -0.4 is 10.6 Å². The van der Waals surface area contributed by atoms with Gasteiger partial charge in [-0.25, -0.2) is 4.79 Å². The lowest BCUT2D eigenvalue weighted by atomic mass is 10.1. The number of benzene rings is 1. The number of amides is 2. The van der Waals surface area contributed by atoms with Crippen LogP contribution in [0.3, 0.4) is 0 Å². The van der Waals surface area contributed by atoms with Crippen molar-refractivity contribution in [1.82, 2.24) is 5.32 Å². The average Bonchev–Trinajstić information content (AvgIpc) is 2.29. The quantitative estimate of drug-likeness (QED) is 0.889. The van der Waals surface area contributed by atoms with Gasteiger partial charge in [0.25, 0.3) is 0 Å². The zero-order valence-corrected chi connectivity index (χ0v) is 12.4. The highest BCUT2D eigenvalue weighted by atomic mass is 16.6. The average molecular weight is 278 g/mol. The summed E-state index contributed by atoms with van der Waals surface area (Å²) in [4.78, 5) is 23.0. The maximum absolute atomic E-state index is 11.6. The van der Waals surface area contributed by atoms with Crippen molar-refractivity contribution in [2.24, 2.45) is 0 Å². The van der Waals surface area contributed by atoms with E-state index >= 15 is 0 Å². The summed E-state index contributed by atoms with van der Waals surface area (Å²) in [5.41, 5.74) is 1.01. The second-order valence-corrected chi connectivity index (χ2v) is 5.45. The summed E-state index contributed by atoms with van der Waals surface area (Å²) >= 11 is 0. The zero-order chi connectivity index (χ0) is 15.2. The number of hydrogen-bond donors (Lipinski definition) is 2. The molecule has 0 aliphatic heterocycles. The number of likely N-dealkylation sites (N-methyl/N-ethyl adjacent to an activating group) is 1. The number of carbonyl (C=O) groups excluding carboxylic acids is 2. The Kier molecular flexibility index (Phi) is 5.55. The van der Waals surface area contributed by atoms with E-state index in [2.05, 4.69) is 10.6 Å². The fourth-order valence-corrected chi connectivity index (χ4v) is 1.57. The normalized spacial score (nSPS) is 10.8. The van der Waals surface area contributed by atoms with Crippen molar-refractivity contribution in [2.45, 2.75) is 39.7 Å². The molecule has 0 radical (unpaired) electrons. The molecule has 5 heteroatoms. The zero-order valence-electron chi connectivity index (χ0n) is 12.4. The summed E-state index contributed by atoms with van der Waals surface area (Å²) in [5.74, 6) is -0.0136. The number of anilines is 1. The van der Waals surface area contributed by atoms with E-state index in [0.29, 0.717) is 18.7 Å². The van der Waals surface area contributed by atoms with Gasteiger partial charge in [0.05, 0.1) is 6.42 Å². The molecule has 20 heavy (non-hydrogen) atoms. The van der Waals surface area contributed by atoms with Crippen LogP contribution >= 0.6 is 0 Å². The standard InChI is InChI=1S/C15H22N2O3/c1-5-16-13(18)10-11-6-8-12(9-7-11)17-14(19)20-15(2,3)4/h6-9H,5,10H2,1-4H3,(H,16,18)(H,17,19). The first-order valence-electron chi connectivity index (χ1n) is 6.66. The smallest absolute Gasteiger partial charge is 0.412 e. The Morgan fingerprint density at radius 3 is 2.25 bits per heavy atom. The molecule has 0 fully saturated rings. The van der Waals surface area contributed by atoms with Crippen molar-refractivity contribution in [1.29, 1.82) is 0 Å². The fraction of sp³-hybridized carbons (Fsp3) is 0.467. The molecule has 1 aromatic carbocycles. The molecule has 0 saturated carbocycles. The van der Waals surface area contributed by atoms with Gasteiger partial charge in [-0.1, -0.05) is 12.1 Å².